The molecule has 4 aromatic rings. The molecule has 7 heteroatoms. The van der Waals surface area contributed by atoms with Crippen molar-refractivity contribution in [3.8, 4) is 5.88 Å². The molecule has 0 fully saturated rings. The van der Waals surface area contributed by atoms with Crippen LogP contribution in [0.5, 0.6) is 5.88 Å². The van der Waals surface area contributed by atoms with E-state index in [1.54, 1.807) is 6.20 Å². The summed E-state index contributed by atoms with van der Waals surface area (Å²) in [6.45, 7) is 4.61. The third-order valence-corrected chi connectivity index (χ3v) is 4.26. The van der Waals surface area contributed by atoms with E-state index in [0.717, 1.165) is 47.2 Å². The van der Waals surface area contributed by atoms with Crippen molar-refractivity contribution in [2.45, 2.75) is 33.1 Å². The standard InChI is InChI=1S/C20H22N6O/c1-3-5-10-16-23-17-18(24-16)25-20(26-19(17)27-4-2)22-14-11-13-8-6-7-9-15(13)21-12-14/h6-9,11-12H,3-5,10H2,1-2H3,(H2,22,23,24,25,26). The Morgan fingerprint density at radius 1 is 1.11 bits per heavy atom. The number of fused-ring (bicyclic) bond motifs is 2. The summed E-state index contributed by atoms with van der Waals surface area (Å²) in [5.41, 5.74) is 3.11. The summed E-state index contributed by atoms with van der Waals surface area (Å²) in [4.78, 5) is 21.4. The van der Waals surface area contributed by atoms with Crippen LogP contribution >= 0.6 is 0 Å². The second-order valence-corrected chi connectivity index (χ2v) is 6.31. The van der Waals surface area contributed by atoms with Gasteiger partial charge in [-0.1, -0.05) is 31.5 Å². The first-order valence-corrected chi connectivity index (χ1v) is 9.28. The van der Waals surface area contributed by atoms with Gasteiger partial charge in [0.2, 0.25) is 11.8 Å². The molecule has 138 valence electrons. The molecule has 3 heterocycles. The quantitative estimate of drug-likeness (QED) is 0.507. The molecule has 0 saturated heterocycles. The van der Waals surface area contributed by atoms with Gasteiger partial charge in [0.25, 0.3) is 0 Å². The Labute approximate surface area is 157 Å². The van der Waals surface area contributed by atoms with Gasteiger partial charge in [-0.05, 0) is 25.5 Å². The Balaban J connectivity index is 1.69. The van der Waals surface area contributed by atoms with E-state index in [4.69, 9.17) is 4.74 Å². The molecule has 0 spiro atoms. The van der Waals surface area contributed by atoms with Gasteiger partial charge in [0, 0.05) is 11.8 Å². The maximum atomic E-state index is 5.71. The van der Waals surface area contributed by atoms with Gasteiger partial charge in [0.1, 0.15) is 11.3 Å². The molecule has 0 atom stereocenters. The first-order valence-electron chi connectivity index (χ1n) is 9.28. The van der Waals surface area contributed by atoms with Crippen molar-refractivity contribution in [1.82, 2.24) is 24.9 Å². The van der Waals surface area contributed by atoms with Gasteiger partial charge in [-0.2, -0.15) is 9.97 Å². The number of nitrogens with one attached hydrogen (secondary N) is 2. The molecular weight excluding hydrogens is 340 g/mol. The Morgan fingerprint density at radius 2 is 2.00 bits per heavy atom. The lowest BCUT2D eigenvalue weighted by Gasteiger charge is -2.08. The number of imidazole rings is 1. The summed E-state index contributed by atoms with van der Waals surface area (Å²) in [5.74, 6) is 1.86. The lowest BCUT2D eigenvalue weighted by atomic mass is 10.2. The van der Waals surface area contributed by atoms with E-state index < -0.39 is 0 Å². The zero-order valence-corrected chi connectivity index (χ0v) is 15.5. The lowest BCUT2D eigenvalue weighted by molar-refractivity contribution is 0.330. The summed E-state index contributed by atoms with van der Waals surface area (Å²) in [5, 5.41) is 4.27. The molecule has 0 aliphatic heterocycles. The smallest absolute Gasteiger partial charge is 0.245 e. The molecule has 1 aromatic carbocycles. The zero-order valence-electron chi connectivity index (χ0n) is 15.5. The molecule has 0 aliphatic rings. The van der Waals surface area contributed by atoms with E-state index in [2.05, 4.69) is 37.2 Å². The van der Waals surface area contributed by atoms with Gasteiger partial charge in [-0.3, -0.25) is 4.98 Å². The molecule has 0 saturated carbocycles. The average Bonchev–Trinajstić information content (AvgIpc) is 3.10. The molecule has 4 rings (SSSR count). The number of aromatic amines is 1. The molecule has 2 N–H and O–H groups in total. The third kappa shape index (κ3) is 3.67. The van der Waals surface area contributed by atoms with Crippen molar-refractivity contribution < 1.29 is 4.74 Å². The van der Waals surface area contributed by atoms with Crippen LogP contribution in [-0.4, -0.2) is 31.5 Å². The number of pyridine rings is 1. The highest BCUT2D eigenvalue weighted by Gasteiger charge is 2.14. The summed E-state index contributed by atoms with van der Waals surface area (Å²) in [6.07, 6.45) is 4.84. The second-order valence-electron chi connectivity index (χ2n) is 6.31. The van der Waals surface area contributed by atoms with Crippen LogP contribution in [0, 0.1) is 0 Å². The van der Waals surface area contributed by atoms with Crippen molar-refractivity contribution in [1.29, 1.82) is 0 Å². The first-order chi connectivity index (χ1) is 13.3. The zero-order chi connectivity index (χ0) is 18.6. The topological polar surface area (TPSA) is 88.6 Å². The number of hydrogen-bond acceptors (Lipinski definition) is 6. The molecule has 7 nitrogen and oxygen atoms in total. The van der Waals surface area contributed by atoms with Gasteiger partial charge in [0.15, 0.2) is 5.65 Å². The number of rotatable bonds is 7. The van der Waals surface area contributed by atoms with Crippen LogP contribution in [0.3, 0.4) is 0 Å². The molecule has 27 heavy (non-hydrogen) atoms. The van der Waals surface area contributed by atoms with Crippen LogP contribution in [0.15, 0.2) is 36.5 Å². The van der Waals surface area contributed by atoms with Gasteiger partial charge < -0.3 is 15.0 Å². The minimum Gasteiger partial charge on any atom is -0.476 e. The number of unbranched alkanes of at least 4 members (excludes halogenated alkanes) is 1. The van der Waals surface area contributed by atoms with Crippen LogP contribution in [0.4, 0.5) is 11.6 Å². The third-order valence-electron chi connectivity index (χ3n) is 4.26. The van der Waals surface area contributed by atoms with Crippen LogP contribution in [-0.2, 0) is 6.42 Å². The van der Waals surface area contributed by atoms with Crippen LogP contribution in [0.1, 0.15) is 32.5 Å². The number of H-pyrrole nitrogens is 1. The monoisotopic (exact) mass is 362 g/mol. The molecule has 0 unspecified atom stereocenters. The molecule has 3 aromatic heterocycles. The largest absolute Gasteiger partial charge is 0.476 e. The minimum atomic E-state index is 0.441. The Kier molecular flexibility index (Phi) is 4.82. The maximum absolute atomic E-state index is 5.71. The highest BCUT2D eigenvalue weighted by molar-refractivity contribution is 5.83. The number of aromatic nitrogens is 5. The van der Waals surface area contributed by atoms with Gasteiger partial charge >= 0.3 is 0 Å². The number of para-hydroxylation sites is 1. The summed E-state index contributed by atoms with van der Waals surface area (Å²) < 4.78 is 5.71. The van der Waals surface area contributed by atoms with E-state index in [1.807, 2.05) is 37.3 Å². The fourth-order valence-electron chi connectivity index (χ4n) is 2.95. The van der Waals surface area contributed by atoms with E-state index >= 15 is 0 Å². The second kappa shape index (κ2) is 7.57. The van der Waals surface area contributed by atoms with E-state index in [1.165, 1.54) is 0 Å². The highest BCUT2D eigenvalue weighted by Crippen LogP contribution is 2.25. The van der Waals surface area contributed by atoms with Crippen LogP contribution in [0.2, 0.25) is 0 Å². The normalized spacial score (nSPS) is 11.2. The fraction of sp³-hybridized carbons (Fsp3) is 0.300. The predicted octanol–water partition coefficient (Wildman–Crippen LogP) is 4.39. The summed E-state index contributed by atoms with van der Waals surface area (Å²) >= 11 is 0. The Hall–Kier alpha value is -3.22. The van der Waals surface area contributed by atoms with Crippen molar-refractivity contribution in [2.24, 2.45) is 0 Å². The SMILES string of the molecule is CCCCc1nc2nc(Nc3cnc4ccccc4c3)nc(OCC)c2[nH]1. The number of ether oxygens (including phenoxy) is 1. The summed E-state index contributed by atoms with van der Waals surface area (Å²) in [7, 11) is 0. The molecular formula is C20H22N6O. The fourth-order valence-corrected chi connectivity index (χ4v) is 2.95. The molecule has 0 amide bonds. The molecule has 0 aliphatic carbocycles. The number of anilines is 2. The first kappa shape index (κ1) is 17.2. The van der Waals surface area contributed by atoms with Gasteiger partial charge in [-0.25, -0.2) is 4.98 Å². The Morgan fingerprint density at radius 3 is 2.85 bits per heavy atom. The molecule has 0 radical (unpaired) electrons. The lowest BCUT2D eigenvalue weighted by Crippen LogP contribution is -2.02. The highest BCUT2D eigenvalue weighted by atomic mass is 16.5. The average molecular weight is 362 g/mol. The molecule has 0 bridgehead atoms. The van der Waals surface area contributed by atoms with Crippen molar-refractivity contribution in [3.05, 3.63) is 42.4 Å². The minimum absolute atomic E-state index is 0.441. The van der Waals surface area contributed by atoms with E-state index in [-0.39, 0.29) is 0 Å². The van der Waals surface area contributed by atoms with Crippen molar-refractivity contribution in [2.75, 3.05) is 11.9 Å². The predicted molar refractivity (Wildman–Crippen MR) is 106 cm³/mol. The van der Waals surface area contributed by atoms with Crippen LogP contribution < -0.4 is 10.1 Å². The van der Waals surface area contributed by atoms with E-state index in [0.29, 0.717) is 24.1 Å². The van der Waals surface area contributed by atoms with Crippen molar-refractivity contribution >= 4 is 33.7 Å². The Bertz CT molecular complexity index is 1070. The summed E-state index contributed by atoms with van der Waals surface area (Å²) in [6, 6.07) is 9.99. The number of nitrogens with zero attached hydrogens (tertiary/aromatic N) is 4. The number of aryl methyl sites for hydroxylation is 1. The van der Waals surface area contributed by atoms with Gasteiger partial charge in [0.05, 0.1) is 24.0 Å². The van der Waals surface area contributed by atoms with Crippen molar-refractivity contribution in [3.63, 3.8) is 0 Å². The maximum Gasteiger partial charge on any atom is 0.245 e. The van der Waals surface area contributed by atoms with E-state index in [9.17, 15) is 0 Å². The number of hydrogen-bond donors (Lipinski definition) is 2. The van der Waals surface area contributed by atoms with Gasteiger partial charge in [-0.15, -0.1) is 0 Å². The number of benzene rings is 1. The van der Waals surface area contributed by atoms with Crippen LogP contribution in [0.25, 0.3) is 22.1 Å².